The Labute approximate surface area is 123 Å². The summed E-state index contributed by atoms with van der Waals surface area (Å²) in [5.41, 5.74) is -0.0725. The predicted molar refractivity (Wildman–Crippen MR) is 78.5 cm³/mol. The first-order chi connectivity index (χ1) is 9.35. The lowest BCUT2D eigenvalue weighted by Gasteiger charge is -2.21. The van der Waals surface area contributed by atoms with Crippen molar-refractivity contribution in [1.82, 2.24) is 10.2 Å². The van der Waals surface area contributed by atoms with Gasteiger partial charge in [-0.05, 0) is 39.0 Å². The first-order valence-corrected chi connectivity index (χ1v) is 6.87. The van der Waals surface area contributed by atoms with Crippen LogP contribution in [0.5, 0.6) is 0 Å². The summed E-state index contributed by atoms with van der Waals surface area (Å²) in [7, 11) is 0. The van der Waals surface area contributed by atoms with Gasteiger partial charge in [0.05, 0.1) is 12.1 Å². The van der Waals surface area contributed by atoms with Gasteiger partial charge in [0, 0.05) is 17.5 Å². The molecule has 0 aliphatic rings. The molecule has 0 saturated heterocycles. The third-order valence-electron chi connectivity index (χ3n) is 2.63. The number of hydrogen-bond donors (Lipinski definition) is 2. The molecule has 1 rings (SSSR count). The maximum absolute atomic E-state index is 13.7. The van der Waals surface area contributed by atoms with E-state index in [9.17, 15) is 14.0 Å². The average molecular weight is 298 g/mol. The average Bonchev–Trinajstić information content (AvgIpc) is 2.37. The molecule has 20 heavy (non-hydrogen) atoms. The molecule has 1 N–H and O–H groups in total. The molecule has 1 aromatic rings. The predicted octanol–water partition coefficient (Wildman–Crippen LogP) is 2.10. The van der Waals surface area contributed by atoms with Crippen LogP contribution >= 0.6 is 12.6 Å². The number of carbonyl (C=O) groups is 2. The highest BCUT2D eigenvalue weighted by atomic mass is 32.1. The smallest absolute Gasteiger partial charge is 0.257 e. The lowest BCUT2D eigenvalue weighted by atomic mass is 10.2. The number of carbonyl (C=O) groups excluding carboxylic acids is 2. The zero-order valence-corrected chi connectivity index (χ0v) is 12.7. The van der Waals surface area contributed by atoms with Crippen LogP contribution in [-0.4, -0.2) is 35.8 Å². The Morgan fingerprint density at radius 1 is 1.40 bits per heavy atom. The quantitative estimate of drug-likeness (QED) is 0.818. The van der Waals surface area contributed by atoms with E-state index < -0.39 is 11.7 Å². The van der Waals surface area contributed by atoms with Gasteiger partial charge in [0.1, 0.15) is 5.82 Å². The minimum atomic E-state index is -0.615. The normalized spacial score (nSPS) is 10.5. The molecule has 0 spiro atoms. The number of benzene rings is 1. The second-order valence-electron chi connectivity index (χ2n) is 4.71. The number of hydrogen-bond acceptors (Lipinski definition) is 3. The van der Waals surface area contributed by atoms with Crippen LogP contribution in [0.3, 0.4) is 0 Å². The molecule has 0 unspecified atom stereocenters. The number of halogens is 1. The molecule has 0 heterocycles. The van der Waals surface area contributed by atoms with Gasteiger partial charge in [-0.2, -0.15) is 0 Å². The van der Waals surface area contributed by atoms with Crippen molar-refractivity contribution in [2.24, 2.45) is 0 Å². The van der Waals surface area contributed by atoms with Crippen molar-refractivity contribution in [3.05, 3.63) is 29.6 Å². The summed E-state index contributed by atoms with van der Waals surface area (Å²) in [5.74, 6) is -1.40. The Hall–Kier alpha value is -1.56. The highest BCUT2D eigenvalue weighted by Crippen LogP contribution is 2.15. The Morgan fingerprint density at radius 2 is 2.05 bits per heavy atom. The number of nitrogens with one attached hydrogen (secondary N) is 1. The summed E-state index contributed by atoms with van der Waals surface area (Å²) in [5, 5.41) is 2.70. The summed E-state index contributed by atoms with van der Waals surface area (Å²) in [4.78, 5) is 25.7. The highest BCUT2D eigenvalue weighted by molar-refractivity contribution is 7.80. The molecule has 0 atom stereocenters. The SMILES string of the molecule is CCN(CC(=O)NC(C)C)C(=O)c1cc(S)ccc1F. The number of likely N-dealkylation sites (N-methyl/N-ethyl adjacent to an activating group) is 1. The van der Waals surface area contributed by atoms with Crippen LogP contribution in [0, 0.1) is 5.82 Å². The van der Waals surface area contributed by atoms with Gasteiger partial charge >= 0.3 is 0 Å². The van der Waals surface area contributed by atoms with Gasteiger partial charge in [-0.15, -0.1) is 12.6 Å². The van der Waals surface area contributed by atoms with E-state index in [2.05, 4.69) is 17.9 Å². The molecule has 0 fully saturated rings. The Bertz CT molecular complexity index is 506. The van der Waals surface area contributed by atoms with Gasteiger partial charge < -0.3 is 10.2 Å². The number of amides is 2. The van der Waals surface area contributed by atoms with E-state index in [1.807, 2.05) is 13.8 Å². The third-order valence-corrected chi connectivity index (χ3v) is 2.91. The minimum Gasteiger partial charge on any atom is -0.352 e. The molecule has 0 radical (unpaired) electrons. The number of rotatable bonds is 5. The highest BCUT2D eigenvalue weighted by Gasteiger charge is 2.20. The van der Waals surface area contributed by atoms with Crippen LogP contribution in [-0.2, 0) is 4.79 Å². The zero-order valence-electron chi connectivity index (χ0n) is 11.8. The van der Waals surface area contributed by atoms with Gasteiger partial charge in [0.15, 0.2) is 0 Å². The minimum absolute atomic E-state index is 0.00573. The van der Waals surface area contributed by atoms with E-state index in [4.69, 9.17) is 0 Å². The van der Waals surface area contributed by atoms with E-state index >= 15 is 0 Å². The van der Waals surface area contributed by atoms with Crippen molar-refractivity contribution in [3.63, 3.8) is 0 Å². The molecule has 6 heteroatoms. The maximum atomic E-state index is 13.7. The van der Waals surface area contributed by atoms with Gasteiger partial charge in [-0.25, -0.2) is 4.39 Å². The van der Waals surface area contributed by atoms with Crippen LogP contribution in [0.2, 0.25) is 0 Å². The van der Waals surface area contributed by atoms with E-state index in [1.54, 1.807) is 6.92 Å². The molecular weight excluding hydrogens is 279 g/mol. The van der Waals surface area contributed by atoms with Crippen molar-refractivity contribution < 1.29 is 14.0 Å². The standard InChI is InChI=1S/C14H19FN2O2S/c1-4-17(8-13(18)16-9(2)3)14(19)11-7-10(20)5-6-12(11)15/h5-7,9,20H,4,8H2,1-3H3,(H,16,18). The van der Waals surface area contributed by atoms with Crippen molar-refractivity contribution in [2.45, 2.75) is 31.7 Å². The molecule has 0 aliphatic heterocycles. The molecule has 0 aromatic heterocycles. The van der Waals surface area contributed by atoms with Crippen molar-refractivity contribution in [3.8, 4) is 0 Å². The monoisotopic (exact) mass is 298 g/mol. The van der Waals surface area contributed by atoms with Crippen LogP contribution < -0.4 is 5.32 Å². The topological polar surface area (TPSA) is 49.4 Å². The number of nitrogens with zero attached hydrogens (tertiary/aromatic N) is 1. The summed E-state index contributed by atoms with van der Waals surface area (Å²) in [6.07, 6.45) is 0. The second kappa shape index (κ2) is 7.28. The molecule has 110 valence electrons. The molecular formula is C14H19FN2O2S. The van der Waals surface area contributed by atoms with E-state index in [0.29, 0.717) is 11.4 Å². The van der Waals surface area contributed by atoms with E-state index in [1.165, 1.54) is 23.1 Å². The summed E-state index contributed by atoms with van der Waals surface area (Å²) < 4.78 is 13.7. The molecule has 0 aliphatic carbocycles. The zero-order chi connectivity index (χ0) is 15.3. The first-order valence-electron chi connectivity index (χ1n) is 6.42. The van der Waals surface area contributed by atoms with Crippen LogP contribution in [0.25, 0.3) is 0 Å². The maximum Gasteiger partial charge on any atom is 0.257 e. The van der Waals surface area contributed by atoms with Gasteiger partial charge in [0.25, 0.3) is 5.91 Å². The van der Waals surface area contributed by atoms with E-state index in [0.717, 1.165) is 0 Å². The van der Waals surface area contributed by atoms with Crippen molar-refractivity contribution in [1.29, 1.82) is 0 Å². The lowest BCUT2D eigenvalue weighted by Crippen LogP contribution is -2.42. The van der Waals surface area contributed by atoms with Gasteiger partial charge in [0.2, 0.25) is 5.91 Å². The molecule has 0 bridgehead atoms. The fourth-order valence-corrected chi connectivity index (χ4v) is 1.92. The summed E-state index contributed by atoms with van der Waals surface area (Å²) >= 11 is 4.09. The fraction of sp³-hybridized carbons (Fsp3) is 0.429. The molecule has 0 saturated carbocycles. The molecule has 4 nitrogen and oxygen atoms in total. The van der Waals surface area contributed by atoms with Crippen LogP contribution in [0.4, 0.5) is 4.39 Å². The first kappa shape index (κ1) is 16.5. The summed E-state index contributed by atoms with van der Waals surface area (Å²) in [6, 6.07) is 4.02. The molecule has 2 amide bonds. The van der Waals surface area contributed by atoms with Crippen LogP contribution in [0.15, 0.2) is 23.1 Å². The van der Waals surface area contributed by atoms with Gasteiger partial charge in [-0.1, -0.05) is 0 Å². The van der Waals surface area contributed by atoms with Crippen molar-refractivity contribution in [2.75, 3.05) is 13.1 Å². The Morgan fingerprint density at radius 3 is 2.60 bits per heavy atom. The van der Waals surface area contributed by atoms with Gasteiger partial charge in [-0.3, -0.25) is 9.59 Å². The fourth-order valence-electron chi connectivity index (χ4n) is 1.72. The Balaban J connectivity index is 2.86. The molecule has 1 aromatic carbocycles. The van der Waals surface area contributed by atoms with Crippen molar-refractivity contribution >= 4 is 24.4 Å². The number of thiol groups is 1. The second-order valence-corrected chi connectivity index (χ2v) is 5.22. The Kier molecular flexibility index (Phi) is 6.01. The van der Waals surface area contributed by atoms with Crippen LogP contribution in [0.1, 0.15) is 31.1 Å². The summed E-state index contributed by atoms with van der Waals surface area (Å²) in [6.45, 7) is 5.63. The van der Waals surface area contributed by atoms with E-state index in [-0.39, 0.29) is 24.1 Å². The lowest BCUT2D eigenvalue weighted by molar-refractivity contribution is -0.122. The largest absolute Gasteiger partial charge is 0.352 e. The third kappa shape index (κ3) is 4.52.